The molecule has 3 aromatic rings. The number of hydrogen-bond donors (Lipinski definition) is 0. The fraction of sp³-hybridized carbons (Fsp3) is 0.267. The molecule has 3 aromatic carbocycles. The molecule has 2 atom stereocenters. The van der Waals surface area contributed by atoms with Gasteiger partial charge in [0.05, 0.1) is 6.04 Å². The number of ether oxygens (including phenoxy) is 1. The first-order valence-corrected chi connectivity index (χ1v) is 12.3. The Kier molecular flexibility index (Phi) is 5.56. The fourth-order valence-corrected chi connectivity index (χ4v) is 6.06. The second-order valence-electron chi connectivity index (χ2n) is 9.69. The molecule has 0 radical (unpaired) electrons. The van der Waals surface area contributed by atoms with E-state index in [4.69, 9.17) is 10.00 Å². The van der Waals surface area contributed by atoms with E-state index in [0.717, 1.165) is 36.0 Å². The van der Waals surface area contributed by atoms with Gasteiger partial charge in [-0.05, 0) is 71.2 Å². The van der Waals surface area contributed by atoms with Crippen LogP contribution in [0.15, 0.2) is 66.7 Å². The summed E-state index contributed by atoms with van der Waals surface area (Å²) in [5.74, 6) is -1.74. The summed E-state index contributed by atoms with van der Waals surface area (Å²) in [4.78, 5) is 15.1. The molecule has 0 spiro atoms. The average molecular weight is 483 g/mol. The van der Waals surface area contributed by atoms with E-state index in [1.54, 1.807) is 11.0 Å². The molecule has 1 saturated heterocycles. The monoisotopic (exact) mass is 482 g/mol. The standard InChI is InChI=1S/C30H24F2N2O2/c31-28-14-19(15-29(32)26(28)16-33)18-12-20-6-5-7-21(13-18)34(20)30(35)36-17-27-24-10-3-1-8-22(24)23-9-2-4-11-25(23)27/h1-4,8-12,14-15,20-21,27H,5-7,13,17H2. The zero-order valence-electron chi connectivity index (χ0n) is 19.6. The first-order valence-electron chi connectivity index (χ1n) is 12.3. The Morgan fingerprint density at radius 1 is 1.00 bits per heavy atom. The quantitative estimate of drug-likeness (QED) is 0.413. The number of carbonyl (C=O) groups is 1. The van der Waals surface area contributed by atoms with E-state index >= 15 is 0 Å². The minimum Gasteiger partial charge on any atom is -0.448 e. The Hall–Kier alpha value is -3.98. The molecule has 2 bridgehead atoms. The number of amides is 1. The van der Waals surface area contributed by atoms with E-state index in [-0.39, 0.29) is 30.7 Å². The lowest BCUT2D eigenvalue weighted by molar-refractivity contribution is 0.0539. The molecule has 0 aromatic heterocycles. The maximum atomic E-state index is 14.2. The molecule has 0 saturated carbocycles. The molecule has 3 aliphatic rings. The van der Waals surface area contributed by atoms with Crippen molar-refractivity contribution in [3.63, 3.8) is 0 Å². The van der Waals surface area contributed by atoms with Crippen molar-refractivity contribution in [1.29, 1.82) is 5.26 Å². The predicted molar refractivity (Wildman–Crippen MR) is 132 cm³/mol. The van der Waals surface area contributed by atoms with Crippen LogP contribution < -0.4 is 0 Å². The van der Waals surface area contributed by atoms with Gasteiger partial charge in [0, 0.05) is 12.0 Å². The maximum Gasteiger partial charge on any atom is 0.410 e. The average Bonchev–Trinajstić information content (AvgIpc) is 3.20. The predicted octanol–water partition coefficient (Wildman–Crippen LogP) is 6.80. The third-order valence-electron chi connectivity index (χ3n) is 7.71. The second kappa shape index (κ2) is 8.91. The van der Waals surface area contributed by atoms with Crippen LogP contribution in [0, 0.1) is 23.0 Å². The maximum absolute atomic E-state index is 14.2. The van der Waals surface area contributed by atoms with Gasteiger partial charge in [0.25, 0.3) is 0 Å². The van der Waals surface area contributed by atoms with E-state index in [2.05, 4.69) is 24.3 Å². The molecule has 36 heavy (non-hydrogen) atoms. The van der Waals surface area contributed by atoms with Gasteiger partial charge in [-0.25, -0.2) is 13.6 Å². The van der Waals surface area contributed by atoms with Gasteiger partial charge in [-0.2, -0.15) is 5.26 Å². The highest BCUT2D eigenvalue weighted by Gasteiger charge is 2.39. The SMILES string of the molecule is N#Cc1c(F)cc(C2=CC3CCCC(C2)N3C(=O)OCC2c3ccccc3-c3ccccc32)cc1F. The van der Waals surface area contributed by atoms with Crippen LogP contribution in [0.2, 0.25) is 0 Å². The number of benzene rings is 3. The molecule has 4 nitrogen and oxygen atoms in total. The van der Waals surface area contributed by atoms with E-state index in [9.17, 15) is 13.6 Å². The molecule has 0 N–H and O–H groups in total. The van der Waals surface area contributed by atoms with Gasteiger partial charge in [0.1, 0.15) is 29.9 Å². The fourth-order valence-electron chi connectivity index (χ4n) is 6.06. The highest BCUT2D eigenvalue weighted by atomic mass is 19.1. The molecule has 2 unspecified atom stereocenters. The summed E-state index contributed by atoms with van der Waals surface area (Å²) in [6, 6.07) is 20.2. The van der Waals surface area contributed by atoms with Gasteiger partial charge in [0.2, 0.25) is 0 Å². The molecule has 180 valence electrons. The number of rotatable bonds is 3. The van der Waals surface area contributed by atoms with E-state index in [1.807, 2.05) is 30.3 Å². The smallest absolute Gasteiger partial charge is 0.410 e. The lowest BCUT2D eigenvalue weighted by Crippen LogP contribution is -2.51. The summed E-state index contributed by atoms with van der Waals surface area (Å²) in [7, 11) is 0. The number of nitrogens with zero attached hydrogens (tertiary/aromatic N) is 2. The van der Waals surface area contributed by atoms with Crippen molar-refractivity contribution in [1.82, 2.24) is 4.90 Å². The van der Waals surface area contributed by atoms with Crippen molar-refractivity contribution < 1.29 is 18.3 Å². The zero-order valence-corrected chi connectivity index (χ0v) is 19.6. The summed E-state index contributed by atoms with van der Waals surface area (Å²) in [6.07, 6.45) is 4.62. The van der Waals surface area contributed by atoms with Crippen molar-refractivity contribution in [2.45, 2.75) is 43.7 Å². The van der Waals surface area contributed by atoms with Crippen LogP contribution in [0.3, 0.4) is 0 Å². The topological polar surface area (TPSA) is 53.3 Å². The van der Waals surface area contributed by atoms with Crippen molar-refractivity contribution in [3.8, 4) is 17.2 Å². The van der Waals surface area contributed by atoms with E-state index in [0.29, 0.717) is 12.0 Å². The molecular weight excluding hydrogens is 458 g/mol. The van der Waals surface area contributed by atoms with Crippen molar-refractivity contribution in [3.05, 3.63) is 101 Å². The van der Waals surface area contributed by atoms with Crippen LogP contribution in [0.25, 0.3) is 16.7 Å². The number of piperidine rings is 1. The van der Waals surface area contributed by atoms with E-state index in [1.165, 1.54) is 23.3 Å². The highest BCUT2D eigenvalue weighted by Crippen LogP contribution is 2.45. The molecule has 6 heteroatoms. The lowest BCUT2D eigenvalue weighted by atomic mass is 9.83. The number of nitriles is 1. The van der Waals surface area contributed by atoms with Gasteiger partial charge in [-0.15, -0.1) is 0 Å². The number of hydrogen-bond acceptors (Lipinski definition) is 3. The Morgan fingerprint density at radius 3 is 2.25 bits per heavy atom. The van der Waals surface area contributed by atoms with Crippen LogP contribution in [-0.4, -0.2) is 29.7 Å². The second-order valence-corrected chi connectivity index (χ2v) is 9.69. The van der Waals surface area contributed by atoms with Crippen molar-refractivity contribution >= 4 is 11.7 Å². The lowest BCUT2D eigenvalue weighted by Gasteiger charge is -2.44. The van der Waals surface area contributed by atoms with Crippen LogP contribution in [0.5, 0.6) is 0 Å². The van der Waals surface area contributed by atoms with Crippen LogP contribution in [-0.2, 0) is 4.74 Å². The first kappa shape index (κ1) is 22.5. The number of carbonyl (C=O) groups excluding carboxylic acids is 1. The summed E-state index contributed by atoms with van der Waals surface area (Å²) >= 11 is 0. The minimum atomic E-state index is -0.863. The summed E-state index contributed by atoms with van der Waals surface area (Å²) in [5, 5.41) is 8.96. The van der Waals surface area contributed by atoms with E-state index < -0.39 is 17.2 Å². The van der Waals surface area contributed by atoms with Gasteiger partial charge in [0.15, 0.2) is 0 Å². The molecule has 2 heterocycles. The number of halogens is 2. The highest BCUT2D eigenvalue weighted by molar-refractivity contribution is 5.79. The molecule has 1 fully saturated rings. The molecule has 1 aliphatic carbocycles. The Balaban J connectivity index is 1.23. The van der Waals surface area contributed by atoms with Crippen LogP contribution in [0.1, 0.15) is 53.9 Å². The Bertz CT molecular complexity index is 1370. The molecule has 1 amide bonds. The van der Waals surface area contributed by atoms with Gasteiger partial charge in [-0.3, -0.25) is 4.90 Å². The molecule has 6 rings (SSSR count). The van der Waals surface area contributed by atoms with Crippen molar-refractivity contribution in [2.24, 2.45) is 0 Å². The van der Waals surface area contributed by atoms with Crippen LogP contribution >= 0.6 is 0 Å². The van der Waals surface area contributed by atoms with Gasteiger partial charge in [-0.1, -0.05) is 54.6 Å². The normalized spacial score (nSPS) is 20.2. The van der Waals surface area contributed by atoms with Gasteiger partial charge >= 0.3 is 6.09 Å². The van der Waals surface area contributed by atoms with Gasteiger partial charge < -0.3 is 4.74 Å². The first-order chi connectivity index (χ1) is 17.5. The zero-order chi connectivity index (χ0) is 24.8. The van der Waals surface area contributed by atoms with Crippen LogP contribution in [0.4, 0.5) is 13.6 Å². The minimum absolute atomic E-state index is 0.0123. The third-order valence-corrected chi connectivity index (χ3v) is 7.71. The molecule has 2 aliphatic heterocycles. The summed E-state index contributed by atoms with van der Waals surface area (Å²) in [5.41, 5.74) is 5.34. The molecular formula is C30H24F2N2O2. The van der Waals surface area contributed by atoms with Crippen molar-refractivity contribution in [2.75, 3.05) is 6.61 Å². The Labute approximate surface area is 208 Å². The summed E-state index contributed by atoms with van der Waals surface area (Å²) < 4.78 is 34.4. The largest absolute Gasteiger partial charge is 0.448 e. The Morgan fingerprint density at radius 2 is 1.64 bits per heavy atom. The number of fused-ring (bicyclic) bond motifs is 5. The third kappa shape index (κ3) is 3.67. The summed E-state index contributed by atoms with van der Waals surface area (Å²) in [6.45, 7) is 0.255.